The van der Waals surface area contributed by atoms with Crippen molar-refractivity contribution < 1.29 is 14.3 Å². The molecule has 0 aliphatic carbocycles. The van der Waals surface area contributed by atoms with Crippen LogP contribution in [0, 0.1) is 0 Å². The van der Waals surface area contributed by atoms with E-state index in [4.69, 9.17) is 16.3 Å². The summed E-state index contributed by atoms with van der Waals surface area (Å²) in [6.45, 7) is 0.125. The summed E-state index contributed by atoms with van der Waals surface area (Å²) in [5.41, 5.74) is 2.38. The lowest BCUT2D eigenvalue weighted by Crippen LogP contribution is -2.32. The van der Waals surface area contributed by atoms with E-state index < -0.39 is 5.91 Å². The fourth-order valence-electron chi connectivity index (χ4n) is 3.30. The number of amides is 2. The summed E-state index contributed by atoms with van der Waals surface area (Å²) >= 11 is 6.13. The van der Waals surface area contributed by atoms with Gasteiger partial charge in [-0.15, -0.1) is 0 Å². The van der Waals surface area contributed by atoms with Gasteiger partial charge in [0.05, 0.1) is 24.9 Å². The second kappa shape index (κ2) is 8.39. The number of pyridine rings is 1. The van der Waals surface area contributed by atoms with Crippen LogP contribution in [0.15, 0.2) is 78.8 Å². The summed E-state index contributed by atoms with van der Waals surface area (Å²) in [6, 6.07) is 17.7. The SMILES string of the molecule is COc1ccc(Cl)cc1NC1=C(c2ccccc2)C(=O)N(Cc2cccnc2)C1=O. The summed E-state index contributed by atoms with van der Waals surface area (Å²) in [4.78, 5) is 31.8. The molecule has 30 heavy (non-hydrogen) atoms. The minimum absolute atomic E-state index is 0.125. The van der Waals surface area contributed by atoms with E-state index in [0.717, 1.165) is 5.56 Å². The van der Waals surface area contributed by atoms with Crippen LogP contribution in [0.25, 0.3) is 5.57 Å². The summed E-state index contributed by atoms with van der Waals surface area (Å²) in [5, 5.41) is 3.56. The van der Waals surface area contributed by atoms with E-state index in [9.17, 15) is 9.59 Å². The predicted octanol–water partition coefficient (Wildman–Crippen LogP) is 4.14. The highest BCUT2D eigenvalue weighted by atomic mass is 35.5. The molecule has 4 rings (SSSR count). The Labute approximate surface area is 178 Å². The molecule has 3 aromatic rings. The molecular weight excluding hydrogens is 402 g/mol. The molecule has 150 valence electrons. The van der Waals surface area contributed by atoms with Crippen LogP contribution in [0.5, 0.6) is 5.75 Å². The van der Waals surface area contributed by atoms with Gasteiger partial charge in [0, 0.05) is 17.4 Å². The quantitative estimate of drug-likeness (QED) is 0.608. The first-order valence-electron chi connectivity index (χ1n) is 9.24. The zero-order chi connectivity index (χ0) is 21.1. The molecule has 0 fully saturated rings. The number of hydrogen-bond donors (Lipinski definition) is 1. The lowest BCUT2D eigenvalue weighted by Gasteiger charge is -2.16. The number of carbonyl (C=O) groups is 2. The number of imide groups is 1. The maximum absolute atomic E-state index is 13.3. The average molecular weight is 420 g/mol. The van der Waals surface area contributed by atoms with Crippen LogP contribution in [0.3, 0.4) is 0 Å². The van der Waals surface area contributed by atoms with E-state index in [2.05, 4.69) is 10.3 Å². The van der Waals surface area contributed by atoms with E-state index >= 15 is 0 Å². The molecule has 2 amide bonds. The Kier molecular flexibility index (Phi) is 5.50. The zero-order valence-electron chi connectivity index (χ0n) is 16.1. The second-order valence-corrected chi connectivity index (χ2v) is 7.08. The molecule has 7 heteroatoms. The number of benzene rings is 2. The first kappa shape index (κ1) is 19.7. The van der Waals surface area contributed by atoms with Gasteiger partial charge in [-0.05, 0) is 35.4 Å². The number of halogens is 1. The Morgan fingerprint density at radius 2 is 1.83 bits per heavy atom. The van der Waals surface area contributed by atoms with Crippen LogP contribution in [-0.2, 0) is 16.1 Å². The Balaban J connectivity index is 1.77. The second-order valence-electron chi connectivity index (χ2n) is 6.64. The van der Waals surface area contributed by atoms with Gasteiger partial charge in [-0.3, -0.25) is 19.5 Å². The summed E-state index contributed by atoms with van der Waals surface area (Å²) in [5.74, 6) is -0.298. The number of carbonyl (C=O) groups excluding carboxylic acids is 2. The van der Waals surface area contributed by atoms with E-state index in [1.807, 2.05) is 24.3 Å². The van der Waals surface area contributed by atoms with E-state index in [0.29, 0.717) is 27.6 Å². The van der Waals surface area contributed by atoms with Crippen LogP contribution >= 0.6 is 11.6 Å². The molecule has 0 radical (unpaired) electrons. The van der Waals surface area contributed by atoms with Gasteiger partial charge in [0.15, 0.2) is 0 Å². The molecule has 1 aliphatic heterocycles. The predicted molar refractivity (Wildman–Crippen MR) is 115 cm³/mol. The van der Waals surface area contributed by atoms with Gasteiger partial charge in [-0.1, -0.05) is 48.0 Å². The average Bonchev–Trinajstić information content (AvgIpc) is 2.99. The number of methoxy groups -OCH3 is 1. The highest BCUT2D eigenvalue weighted by molar-refractivity contribution is 6.36. The minimum Gasteiger partial charge on any atom is -0.495 e. The van der Waals surface area contributed by atoms with Crippen LogP contribution in [-0.4, -0.2) is 28.8 Å². The van der Waals surface area contributed by atoms with Gasteiger partial charge in [0.2, 0.25) is 0 Å². The molecular formula is C23H18ClN3O3. The van der Waals surface area contributed by atoms with E-state index in [1.54, 1.807) is 48.8 Å². The zero-order valence-corrected chi connectivity index (χ0v) is 16.9. The number of hydrogen-bond acceptors (Lipinski definition) is 5. The monoisotopic (exact) mass is 419 g/mol. The summed E-state index contributed by atoms with van der Waals surface area (Å²) in [6.07, 6.45) is 3.28. The Morgan fingerprint density at radius 3 is 2.53 bits per heavy atom. The third-order valence-electron chi connectivity index (χ3n) is 4.72. The molecule has 6 nitrogen and oxygen atoms in total. The molecule has 0 bridgehead atoms. The lowest BCUT2D eigenvalue weighted by atomic mass is 10.0. The molecule has 2 aromatic carbocycles. The van der Waals surface area contributed by atoms with Gasteiger partial charge in [-0.25, -0.2) is 0 Å². The van der Waals surface area contributed by atoms with Crippen molar-refractivity contribution in [2.24, 2.45) is 0 Å². The van der Waals surface area contributed by atoms with Gasteiger partial charge < -0.3 is 10.1 Å². The molecule has 1 N–H and O–H groups in total. The van der Waals surface area contributed by atoms with Crippen LogP contribution in [0.2, 0.25) is 5.02 Å². The van der Waals surface area contributed by atoms with Crippen molar-refractivity contribution in [3.8, 4) is 5.75 Å². The van der Waals surface area contributed by atoms with Crippen molar-refractivity contribution in [3.05, 3.63) is 94.9 Å². The highest BCUT2D eigenvalue weighted by Crippen LogP contribution is 2.35. The van der Waals surface area contributed by atoms with Crippen LogP contribution in [0.1, 0.15) is 11.1 Å². The molecule has 0 unspecified atom stereocenters. The van der Waals surface area contributed by atoms with Crippen molar-refractivity contribution >= 4 is 34.7 Å². The van der Waals surface area contributed by atoms with E-state index in [1.165, 1.54) is 12.0 Å². The van der Waals surface area contributed by atoms with Gasteiger partial charge >= 0.3 is 0 Å². The molecule has 0 spiro atoms. The van der Waals surface area contributed by atoms with Crippen molar-refractivity contribution in [2.75, 3.05) is 12.4 Å². The first-order valence-corrected chi connectivity index (χ1v) is 9.61. The summed E-state index contributed by atoms with van der Waals surface area (Å²) < 4.78 is 5.37. The largest absolute Gasteiger partial charge is 0.495 e. The van der Waals surface area contributed by atoms with E-state index in [-0.39, 0.29) is 18.1 Å². The number of rotatable bonds is 6. The highest BCUT2D eigenvalue weighted by Gasteiger charge is 2.39. The third kappa shape index (κ3) is 3.77. The van der Waals surface area contributed by atoms with Crippen molar-refractivity contribution in [1.82, 2.24) is 9.88 Å². The van der Waals surface area contributed by atoms with Gasteiger partial charge in [-0.2, -0.15) is 0 Å². The van der Waals surface area contributed by atoms with Crippen LogP contribution < -0.4 is 10.1 Å². The molecule has 1 aromatic heterocycles. The Hall–Kier alpha value is -3.64. The number of anilines is 1. The smallest absolute Gasteiger partial charge is 0.278 e. The first-order chi connectivity index (χ1) is 14.6. The van der Waals surface area contributed by atoms with Crippen molar-refractivity contribution in [1.29, 1.82) is 0 Å². The normalized spacial score (nSPS) is 13.7. The molecule has 0 saturated carbocycles. The number of aromatic nitrogens is 1. The summed E-state index contributed by atoms with van der Waals surface area (Å²) in [7, 11) is 1.53. The molecule has 0 saturated heterocycles. The molecule has 1 aliphatic rings. The van der Waals surface area contributed by atoms with Crippen molar-refractivity contribution in [2.45, 2.75) is 6.54 Å². The fraction of sp³-hybridized carbons (Fsp3) is 0.0870. The third-order valence-corrected chi connectivity index (χ3v) is 4.95. The maximum atomic E-state index is 13.3. The Bertz CT molecular complexity index is 1130. The van der Waals surface area contributed by atoms with Gasteiger partial charge in [0.1, 0.15) is 11.4 Å². The number of nitrogens with one attached hydrogen (secondary N) is 1. The molecule has 2 heterocycles. The molecule has 0 atom stereocenters. The van der Waals surface area contributed by atoms with Crippen molar-refractivity contribution in [3.63, 3.8) is 0 Å². The lowest BCUT2D eigenvalue weighted by molar-refractivity contribution is -0.137. The van der Waals surface area contributed by atoms with Crippen LogP contribution in [0.4, 0.5) is 5.69 Å². The van der Waals surface area contributed by atoms with Gasteiger partial charge in [0.25, 0.3) is 11.8 Å². The fourth-order valence-corrected chi connectivity index (χ4v) is 3.47. The standard InChI is InChI=1S/C23H18ClN3O3/c1-30-19-10-9-17(24)12-18(19)26-21-20(16-7-3-2-4-8-16)22(28)27(23(21)29)14-15-6-5-11-25-13-15/h2-13,26H,14H2,1H3. The topological polar surface area (TPSA) is 71.5 Å². The number of nitrogens with zero attached hydrogens (tertiary/aromatic N) is 2. The maximum Gasteiger partial charge on any atom is 0.278 e. The number of ether oxygens (including phenoxy) is 1. The Morgan fingerprint density at radius 1 is 1.03 bits per heavy atom. The minimum atomic E-state index is -0.426.